The van der Waals surface area contributed by atoms with Crippen molar-refractivity contribution in [1.82, 2.24) is 0 Å². The van der Waals surface area contributed by atoms with Gasteiger partial charge in [0.2, 0.25) is 11.8 Å². The van der Waals surface area contributed by atoms with Crippen LogP contribution in [0.5, 0.6) is 0 Å². The Kier molecular flexibility index (Phi) is 6.73. The smallest absolute Gasteiger partial charge is 0.338 e. The molecule has 7 heteroatoms. The number of carbonyl (C=O) groups excluding carboxylic acids is 3. The molecule has 0 saturated heterocycles. The number of benzene rings is 2. The van der Waals surface area contributed by atoms with E-state index in [0.717, 1.165) is 0 Å². The van der Waals surface area contributed by atoms with Gasteiger partial charge in [-0.25, -0.2) is 4.79 Å². The van der Waals surface area contributed by atoms with Crippen molar-refractivity contribution in [2.24, 2.45) is 0 Å². The number of esters is 1. The second kappa shape index (κ2) is 9.22. The summed E-state index contributed by atoms with van der Waals surface area (Å²) in [5.41, 5.74) is 2.47. The Morgan fingerprint density at radius 2 is 1.38 bits per heavy atom. The molecule has 0 unspecified atom stereocenters. The lowest BCUT2D eigenvalue weighted by molar-refractivity contribution is -0.115. The summed E-state index contributed by atoms with van der Waals surface area (Å²) in [6, 6.07) is 13.5. The van der Waals surface area contributed by atoms with Crippen LogP contribution in [0.3, 0.4) is 0 Å². The number of hydrogen-bond acceptors (Lipinski definition) is 5. The first-order chi connectivity index (χ1) is 12.5. The van der Waals surface area contributed by atoms with Crippen LogP contribution < -0.4 is 16.0 Å². The van der Waals surface area contributed by atoms with Crippen molar-refractivity contribution in [3.8, 4) is 0 Å². The van der Waals surface area contributed by atoms with Gasteiger partial charge < -0.3 is 20.7 Å². The quantitative estimate of drug-likeness (QED) is 0.664. The Bertz CT molecular complexity index is 770. The molecule has 0 bridgehead atoms. The van der Waals surface area contributed by atoms with Gasteiger partial charge in [0.15, 0.2) is 0 Å². The molecule has 7 nitrogen and oxygen atoms in total. The highest BCUT2D eigenvalue weighted by atomic mass is 16.5. The van der Waals surface area contributed by atoms with Crippen LogP contribution in [0.25, 0.3) is 0 Å². The Balaban J connectivity index is 1.83. The van der Waals surface area contributed by atoms with Gasteiger partial charge in [0.25, 0.3) is 0 Å². The average Bonchev–Trinajstić information content (AvgIpc) is 2.62. The summed E-state index contributed by atoms with van der Waals surface area (Å²) in [7, 11) is 0. The van der Waals surface area contributed by atoms with Gasteiger partial charge in [-0.15, -0.1) is 0 Å². The first-order valence-corrected chi connectivity index (χ1v) is 8.16. The number of rotatable bonds is 7. The monoisotopic (exact) mass is 355 g/mol. The van der Waals surface area contributed by atoms with Gasteiger partial charge in [0.1, 0.15) is 0 Å². The topological polar surface area (TPSA) is 96.5 Å². The van der Waals surface area contributed by atoms with E-state index in [1.54, 1.807) is 55.5 Å². The fraction of sp³-hybridized carbons (Fsp3) is 0.211. The second-order valence-electron chi connectivity index (χ2n) is 5.46. The summed E-state index contributed by atoms with van der Waals surface area (Å²) in [5, 5.41) is 8.39. The van der Waals surface area contributed by atoms with E-state index in [9.17, 15) is 14.4 Å². The molecule has 0 saturated carbocycles. The van der Waals surface area contributed by atoms with Crippen LogP contribution in [0.1, 0.15) is 24.2 Å². The van der Waals surface area contributed by atoms with Crippen molar-refractivity contribution in [3.63, 3.8) is 0 Å². The molecule has 0 radical (unpaired) electrons. The minimum Gasteiger partial charge on any atom is -0.462 e. The fourth-order valence-electron chi connectivity index (χ4n) is 2.17. The summed E-state index contributed by atoms with van der Waals surface area (Å²) < 4.78 is 4.92. The minimum absolute atomic E-state index is 0.0756. The van der Waals surface area contributed by atoms with E-state index in [1.807, 2.05) is 0 Å². The Morgan fingerprint density at radius 3 is 1.92 bits per heavy atom. The zero-order valence-corrected chi connectivity index (χ0v) is 14.7. The summed E-state index contributed by atoms with van der Waals surface area (Å²) in [6.45, 7) is 3.58. The van der Waals surface area contributed by atoms with E-state index < -0.39 is 0 Å². The molecule has 0 spiro atoms. The largest absolute Gasteiger partial charge is 0.462 e. The standard InChI is InChI=1S/C19H21N3O4/c1-3-26-19(25)14-4-6-15(7-5-14)20-12-18(24)22-17-10-8-16(9-11-17)21-13(2)23/h4-11,20H,3,12H2,1-2H3,(H,21,23)(H,22,24). The molecular formula is C19H21N3O4. The van der Waals surface area contributed by atoms with Crippen molar-refractivity contribution >= 4 is 34.8 Å². The molecule has 2 amide bonds. The molecule has 0 atom stereocenters. The first kappa shape index (κ1) is 19.0. The van der Waals surface area contributed by atoms with Gasteiger partial charge in [-0.05, 0) is 55.5 Å². The van der Waals surface area contributed by atoms with E-state index in [-0.39, 0.29) is 24.3 Å². The van der Waals surface area contributed by atoms with E-state index in [1.165, 1.54) is 6.92 Å². The third-order valence-electron chi connectivity index (χ3n) is 3.34. The molecule has 0 aliphatic rings. The van der Waals surface area contributed by atoms with E-state index in [0.29, 0.717) is 29.2 Å². The van der Waals surface area contributed by atoms with Gasteiger partial charge in [-0.1, -0.05) is 0 Å². The molecule has 26 heavy (non-hydrogen) atoms. The van der Waals surface area contributed by atoms with Crippen molar-refractivity contribution in [2.75, 3.05) is 29.1 Å². The maximum atomic E-state index is 12.0. The Hall–Kier alpha value is -3.35. The van der Waals surface area contributed by atoms with Crippen molar-refractivity contribution in [3.05, 3.63) is 54.1 Å². The zero-order chi connectivity index (χ0) is 18.9. The van der Waals surface area contributed by atoms with Gasteiger partial charge in [-0.3, -0.25) is 9.59 Å². The summed E-state index contributed by atoms with van der Waals surface area (Å²) in [6.07, 6.45) is 0. The number of ether oxygens (including phenoxy) is 1. The lowest BCUT2D eigenvalue weighted by Gasteiger charge is -2.09. The maximum Gasteiger partial charge on any atom is 0.338 e. The SMILES string of the molecule is CCOC(=O)c1ccc(NCC(=O)Nc2ccc(NC(C)=O)cc2)cc1. The molecule has 2 rings (SSSR count). The highest BCUT2D eigenvalue weighted by Crippen LogP contribution is 2.14. The number of nitrogens with one attached hydrogen (secondary N) is 3. The average molecular weight is 355 g/mol. The summed E-state index contributed by atoms with van der Waals surface area (Å²) >= 11 is 0. The van der Waals surface area contributed by atoms with Crippen LogP contribution in [-0.4, -0.2) is 30.9 Å². The van der Waals surface area contributed by atoms with Crippen molar-refractivity contribution in [1.29, 1.82) is 0 Å². The summed E-state index contributed by atoms with van der Waals surface area (Å²) in [4.78, 5) is 34.5. The lowest BCUT2D eigenvalue weighted by atomic mass is 10.2. The van der Waals surface area contributed by atoms with Crippen LogP contribution in [0.4, 0.5) is 17.1 Å². The maximum absolute atomic E-state index is 12.0. The zero-order valence-electron chi connectivity index (χ0n) is 14.7. The number of anilines is 3. The normalized spacial score (nSPS) is 9.92. The van der Waals surface area contributed by atoms with Crippen molar-refractivity contribution < 1.29 is 19.1 Å². The van der Waals surface area contributed by atoms with Crippen LogP contribution in [0, 0.1) is 0 Å². The van der Waals surface area contributed by atoms with Crippen LogP contribution in [-0.2, 0) is 14.3 Å². The van der Waals surface area contributed by atoms with Gasteiger partial charge >= 0.3 is 5.97 Å². The molecule has 3 N–H and O–H groups in total. The van der Waals surface area contributed by atoms with Gasteiger partial charge in [0.05, 0.1) is 18.7 Å². The third kappa shape index (κ3) is 5.94. The van der Waals surface area contributed by atoms with Crippen LogP contribution in [0.2, 0.25) is 0 Å². The van der Waals surface area contributed by atoms with Crippen molar-refractivity contribution in [2.45, 2.75) is 13.8 Å². The molecule has 0 aliphatic carbocycles. The first-order valence-electron chi connectivity index (χ1n) is 8.16. The van der Waals surface area contributed by atoms with E-state index in [2.05, 4.69) is 16.0 Å². The Morgan fingerprint density at radius 1 is 0.846 bits per heavy atom. The molecule has 2 aromatic rings. The fourth-order valence-corrected chi connectivity index (χ4v) is 2.17. The molecule has 0 heterocycles. The predicted molar refractivity (Wildman–Crippen MR) is 100 cm³/mol. The molecule has 0 fully saturated rings. The molecular weight excluding hydrogens is 334 g/mol. The predicted octanol–water partition coefficient (Wildman–Crippen LogP) is 2.87. The van der Waals surface area contributed by atoms with Gasteiger partial charge in [0, 0.05) is 24.0 Å². The minimum atomic E-state index is -0.375. The molecule has 0 aliphatic heterocycles. The Labute approximate surface area is 151 Å². The number of amides is 2. The van der Waals surface area contributed by atoms with Gasteiger partial charge in [-0.2, -0.15) is 0 Å². The molecule has 0 aromatic heterocycles. The van der Waals surface area contributed by atoms with Crippen LogP contribution >= 0.6 is 0 Å². The molecule has 136 valence electrons. The highest BCUT2D eigenvalue weighted by molar-refractivity contribution is 5.94. The number of hydrogen-bond donors (Lipinski definition) is 3. The van der Waals surface area contributed by atoms with Crippen LogP contribution in [0.15, 0.2) is 48.5 Å². The van der Waals surface area contributed by atoms with E-state index >= 15 is 0 Å². The summed E-state index contributed by atoms with van der Waals surface area (Å²) in [5.74, 6) is -0.744. The molecule has 2 aromatic carbocycles. The third-order valence-corrected chi connectivity index (χ3v) is 3.34. The number of carbonyl (C=O) groups is 3. The highest BCUT2D eigenvalue weighted by Gasteiger charge is 2.07. The van der Waals surface area contributed by atoms with E-state index in [4.69, 9.17) is 4.74 Å². The lowest BCUT2D eigenvalue weighted by Crippen LogP contribution is -2.21. The second-order valence-corrected chi connectivity index (χ2v) is 5.46.